The third kappa shape index (κ3) is 4.04. The van der Waals surface area contributed by atoms with Gasteiger partial charge in [0.1, 0.15) is 0 Å². The molecule has 0 saturated heterocycles. The van der Waals surface area contributed by atoms with E-state index >= 15 is 0 Å². The Kier molecular flexibility index (Phi) is 4.70. The smallest absolute Gasteiger partial charge is 0.0903 e. The van der Waals surface area contributed by atoms with Crippen LogP contribution in [0.25, 0.3) is 0 Å². The van der Waals surface area contributed by atoms with Crippen LogP contribution < -0.4 is 0 Å². The predicted octanol–water partition coefficient (Wildman–Crippen LogP) is 1.48. The minimum absolute atomic E-state index is 0.120. The second-order valence-electron chi connectivity index (χ2n) is 3.02. The maximum Gasteiger partial charge on any atom is 0.0903 e. The second-order valence-corrected chi connectivity index (χ2v) is 3.02. The molecule has 3 nitrogen and oxygen atoms in total. The highest BCUT2D eigenvalue weighted by molar-refractivity contribution is 5.13. The molecule has 0 unspecified atom stereocenters. The number of nitrogens with zero attached hydrogens (tertiary/aromatic N) is 1. The molecule has 0 radical (unpaired) electrons. The minimum Gasteiger partial charge on any atom is -0.390 e. The zero-order valence-electron chi connectivity index (χ0n) is 7.89. The van der Waals surface area contributed by atoms with E-state index in [1.165, 1.54) is 0 Å². The number of hydrogen-bond acceptors (Lipinski definition) is 3. The summed E-state index contributed by atoms with van der Waals surface area (Å²) in [5, 5.41) is 17.5. The van der Waals surface area contributed by atoms with Gasteiger partial charge in [-0.1, -0.05) is 30.3 Å². The molecule has 1 aromatic rings. The molecule has 1 rings (SSSR count). The number of benzene rings is 1. The molecule has 0 aromatic heterocycles. The average molecular weight is 191 g/mol. The van der Waals surface area contributed by atoms with Gasteiger partial charge in [0, 0.05) is 0 Å². The first kappa shape index (κ1) is 10.7. The molecule has 1 N–H and O–H groups in total. The summed E-state index contributed by atoms with van der Waals surface area (Å²) < 4.78 is 5.23. The number of aliphatic hydroxyl groups is 1. The molecule has 74 valence electrons. The van der Waals surface area contributed by atoms with E-state index in [4.69, 9.17) is 10.00 Å². The predicted molar refractivity (Wildman–Crippen MR) is 52.3 cm³/mol. The van der Waals surface area contributed by atoms with Gasteiger partial charge in [-0.25, -0.2) is 0 Å². The number of aliphatic hydroxyl groups excluding tert-OH is 1. The zero-order valence-corrected chi connectivity index (χ0v) is 7.89. The van der Waals surface area contributed by atoms with Gasteiger partial charge in [-0.15, -0.1) is 0 Å². The maximum atomic E-state index is 9.18. The van der Waals surface area contributed by atoms with Crippen LogP contribution in [0.3, 0.4) is 0 Å². The van der Waals surface area contributed by atoms with Crippen molar-refractivity contribution in [2.24, 2.45) is 0 Å². The largest absolute Gasteiger partial charge is 0.390 e. The van der Waals surface area contributed by atoms with E-state index < -0.39 is 6.10 Å². The summed E-state index contributed by atoms with van der Waals surface area (Å²) in [6.07, 6.45) is -0.557. The van der Waals surface area contributed by atoms with Crippen LogP contribution in [0.5, 0.6) is 0 Å². The molecule has 0 bridgehead atoms. The molecule has 1 atom stereocenters. The number of ether oxygens (including phenoxy) is 1. The van der Waals surface area contributed by atoms with E-state index in [0.717, 1.165) is 5.56 Å². The van der Waals surface area contributed by atoms with Crippen molar-refractivity contribution >= 4 is 0 Å². The van der Waals surface area contributed by atoms with Gasteiger partial charge in [0.2, 0.25) is 0 Å². The van der Waals surface area contributed by atoms with Crippen LogP contribution in [-0.4, -0.2) is 17.8 Å². The lowest BCUT2D eigenvalue weighted by Crippen LogP contribution is -2.14. The van der Waals surface area contributed by atoms with Gasteiger partial charge in [-0.2, -0.15) is 5.26 Å². The second kappa shape index (κ2) is 6.14. The van der Waals surface area contributed by atoms with Crippen LogP contribution in [0.1, 0.15) is 12.0 Å². The summed E-state index contributed by atoms with van der Waals surface area (Å²) in [6.45, 7) is 0.686. The molecular weight excluding hydrogens is 178 g/mol. The Morgan fingerprint density at radius 1 is 1.36 bits per heavy atom. The Morgan fingerprint density at radius 2 is 2.07 bits per heavy atom. The molecular formula is C11H13NO2. The highest BCUT2D eigenvalue weighted by Crippen LogP contribution is 2.01. The Labute approximate surface area is 83.6 Å². The van der Waals surface area contributed by atoms with Gasteiger partial charge in [0.15, 0.2) is 0 Å². The molecule has 0 saturated carbocycles. The number of rotatable bonds is 5. The van der Waals surface area contributed by atoms with Gasteiger partial charge in [0.25, 0.3) is 0 Å². The topological polar surface area (TPSA) is 53.2 Å². The standard InChI is InChI=1S/C11H13NO2/c12-7-6-11(13)9-14-8-10-4-2-1-3-5-10/h1-5,11,13H,6,8-9H2/t11-/m1/s1. The van der Waals surface area contributed by atoms with Crippen LogP contribution in [-0.2, 0) is 11.3 Å². The lowest BCUT2D eigenvalue weighted by atomic mass is 10.2. The Morgan fingerprint density at radius 3 is 2.71 bits per heavy atom. The SMILES string of the molecule is N#CC[C@@H](O)COCc1ccccc1. The normalized spacial score (nSPS) is 12.0. The van der Waals surface area contributed by atoms with Gasteiger partial charge in [0.05, 0.1) is 31.8 Å². The molecule has 1 aromatic carbocycles. The highest BCUT2D eigenvalue weighted by atomic mass is 16.5. The Bertz CT molecular complexity index is 292. The molecule has 3 heteroatoms. The Hall–Kier alpha value is -1.37. The average Bonchev–Trinajstić information content (AvgIpc) is 2.20. The fraction of sp³-hybridized carbons (Fsp3) is 0.364. The molecule has 0 aliphatic rings. The molecule has 0 aliphatic heterocycles. The van der Waals surface area contributed by atoms with Crippen LogP contribution in [0, 0.1) is 11.3 Å². The lowest BCUT2D eigenvalue weighted by Gasteiger charge is -2.07. The van der Waals surface area contributed by atoms with Gasteiger partial charge < -0.3 is 9.84 Å². The summed E-state index contributed by atoms with van der Waals surface area (Å²) >= 11 is 0. The first-order valence-electron chi connectivity index (χ1n) is 4.49. The summed E-state index contributed by atoms with van der Waals surface area (Å²) in [7, 11) is 0. The molecule has 0 fully saturated rings. The first-order valence-corrected chi connectivity index (χ1v) is 4.49. The number of nitriles is 1. The first-order chi connectivity index (χ1) is 6.83. The van der Waals surface area contributed by atoms with Crippen molar-refractivity contribution in [3.05, 3.63) is 35.9 Å². The zero-order chi connectivity index (χ0) is 10.2. The highest BCUT2D eigenvalue weighted by Gasteiger charge is 2.02. The fourth-order valence-electron chi connectivity index (χ4n) is 1.05. The van der Waals surface area contributed by atoms with Crippen molar-refractivity contribution in [3.63, 3.8) is 0 Å². The van der Waals surface area contributed by atoms with Crippen LogP contribution in [0.15, 0.2) is 30.3 Å². The van der Waals surface area contributed by atoms with Crippen molar-refractivity contribution in [1.29, 1.82) is 5.26 Å². The van der Waals surface area contributed by atoms with Gasteiger partial charge in [-0.05, 0) is 5.56 Å². The summed E-state index contributed by atoms with van der Waals surface area (Å²) in [5.74, 6) is 0. The van der Waals surface area contributed by atoms with Gasteiger partial charge in [-0.3, -0.25) is 0 Å². The van der Waals surface area contributed by atoms with Crippen molar-refractivity contribution in [2.75, 3.05) is 6.61 Å². The van der Waals surface area contributed by atoms with E-state index in [9.17, 15) is 5.11 Å². The van der Waals surface area contributed by atoms with Gasteiger partial charge >= 0.3 is 0 Å². The fourth-order valence-corrected chi connectivity index (χ4v) is 1.05. The third-order valence-electron chi connectivity index (χ3n) is 1.75. The summed E-state index contributed by atoms with van der Waals surface area (Å²) in [4.78, 5) is 0. The summed E-state index contributed by atoms with van der Waals surface area (Å²) in [5.41, 5.74) is 1.07. The minimum atomic E-state index is -0.677. The molecule has 0 heterocycles. The number of hydrogen-bond donors (Lipinski definition) is 1. The lowest BCUT2D eigenvalue weighted by molar-refractivity contribution is 0.0309. The van der Waals surface area contributed by atoms with Crippen molar-refractivity contribution in [3.8, 4) is 6.07 Å². The molecule has 0 aliphatic carbocycles. The van der Waals surface area contributed by atoms with E-state index in [-0.39, 0.29) is 13.0 Å². The Balaban J connectivity index is 2.19. The van der Waals surface area contributed by atoms with Crippen LogP contribution in [0.2, 0.25) is 0 Å². The van der Waals surface area contributed by atoms with E-state index in [1.807, 2.05) is 36.4 Å². The quantitative estimate of drug-likeness (QED) is 0.766. The van der Waals surface area contributed by atoms with Crippen molar-refractivity contribution in [1.82, 2.24) is 0 Å². The summed E-state index contributed by atoms with van der Waals surface area (Å²) in [6, 6.07) is 11.6. The molecule has 0 spiro atoms. The monoisotopic (exact) mass is 191 g/mol. The molecule has 14 heavy (non-hydrogen) atoms. The van der Waals surface area contributed by atoms with E-state index in [0.29, 0.717) is 6.61 Å². The third-order valence-corrected chi connectivity index (χ3v) is 1.75. The van der Waals surface area contributed by atoms with Crippen molar-refractivity contribution < 1.29 is 9.84 Å². The van der Waals surface area contributed by atoms with Crippen LogP contribution >= 0.6 is 0 Å². The van der Waals surface area contributed by atoms with E-state index in [2.05, 4.69) is 0 Å². The van der Waals surface area contributed by atoms with E-state index in [1.54, 1.807) is 0 Å². The van der Waals surface area contributed by atoms with Crippen LogP contribution in [0.4, 0.5) is 0 Å². The maximum absolute atomic E-state index is 9.18. The molecule has 0 amide bonds. The van der Waals surface area contributed by atoms with Crippen molar-refractivity contribution in [2.45, 2.75) is 19.1 Å².